The third kappa shape index (κ3) is 9.78. The van der Waals surface area contributed by atoms with Gasteiger partial charge in [0.2, 0.25) is 11.8 Å². The summed E-state index contributed by atoms with van der Waals surface area (Å²) in [5.74, 6) is -2.05. The zero-order valence-corrected chi connectivity index (χ0v) is 15.9. The highest BCUT2D eigenvalue weighted by molar-refractivity contribution is 5.89. The fourth-order valence-corrected chi connectivity index (χ4v) is 3.03. The largest absolute Gasteiger partial charge is 0.480 e. The summed E-state index contributed by atoms with van der Waals surface area (Å²) >= 11 is 0. The van der Waals surface area contributed by atoms with Crippen LogP contribution in [0.1, 0.15) is 51.9 Å². The molecule has 1 rings (SSSR count). The van der Waals surface area contributed by atoms with Gasteiger partial charge >= 0.3 is 5.97 Å². The molecule has 0 bridgehead atoms. The molecular formula is C17H32N6O4. The molecule has 8 N–H and O–H groups in total. The topological polar surface area (TPSA) is 172 Å². The first-order chi connectivity index (χ1) is 12.8. The number of hydrogen-bond donors (Lipinski definition) is 6. The second-order valence-corrected chi connectivity index (χ2v) is 6.85. The van der Waals surface area contributed by atoms with Crippen molar-refractivity contribution in [3.63, 3.8) is 0 Å². The fraction of sp³-hybridized carbons (Fsp3) is 0.765. The number of aliphatic carboxylic acids is 1. The quantitative estimate of drug-likeness (QED) is 0.151. The van der Waals surface area contributed by atoms with Crippen molar-refractivity contribution in [3.05, 3.63) is 0 Å². The fourth-order valence-electron chi connectivity index (χ4n) is 3.03. The molecule has 0 aromatic heterocycles. The molecule has 1 saturated carbocycles. The Morgan fingerprint density at radius 3 is 2.44 bits per heavy atom. The number of carboxylic acids is 1. The van der Waals surface area contributed by atoms with Gasteiger partial charge in [0.25, 0.3) is 0 Å². The highest BCUT2D eigenvalue weighted by Crippen LogP contribution is 2.17. The summed E-state index contributed by atoms with van der Waals surface area (Å²) < 4.78 is 0. The average molecular weight is 384 g/mol. The number of guanidine groups is 1. The molecule has 1 aliphatic carbocycles. The lowest BCUT2D eigenvalue weighted by Crippen LogP contribution is -2.50. The van der Waals surface area contributed by atoms with Crippen LogP contribution in [0, 0.1) is 0 Å². The van der Waals surface area contributed by atoms with E-state index in [0.717, 1.165) is 25.7 Å². The summed E-state index contributed by atoms with van der Waals surface area (Å²) in [6.07, 6.45) is 6.25. The monoisotopic (exact) mass is 384 g/mol. The number of nitrogens with zero attached hydrogens (tertiary/aromatic N) is 1. The van der Waals surface area contributed by atoms with Crippen molar-refractivity contribution < 1.29 is 19.5 Å². The zero-order valence-electron chi connectivity index (χ0n) is 15.9. The van der Waals surface area contributed by atoms with Crippen LogP contribution in [0.15, 0.2) is 4.99 Å². The molecule has 10 heteroatoms. The summed E-state index contributed by atoms with van der Waals surface area (Å²) in [5.41, 5.74) is 10.4. The number of carbonyl (C=O) groups is 3. The van der Waals surface area contributed by atoms with Crippen LogP contribution >= 0.6 is 0 Å². The van der Waals surface area contributed by atoms with E-state index in [9.17, 15) is 19.5 Å². The lowest BCUT2D eigenvalue weighted by molar-refractivity contribution is -0.141. The summed E-state index contributed by atoms with van der Waals surface area (Å²) in [4.78, 5) is 39.0. The molecule has 0 spiro atoms. The zero-order chi connectivity index (χ0) is 20.2. The first-order valence-electron chi connectivity index (χ1n) is 9.41. The van der Waals surface area contributed by atoms with E-state index in [-0.39, 0.29) is 31.4 Å². The SMILES string of the molecule is C[C@H](NC1CCCCC1)C(=O)NCC(=O)N[C@@H](CCCN=C(N)N)C(=O)O. The van der Waals surface area contributed by atoms with E-state index in [1.807, 2.05) is 0 Å². The van der Waals surface area contributed by atoms with E-state index >= 15 is 0 Å². The summed E-state index contributed by atoms with van der Waals surface area (Å²) in [6, 6.07) is -1.13. The second-order valence-electron chi connectivity index (χ2n) is 6.85. The Morgan fingerprint density at radius 2 is 1.85 bits per heavy atom. The van der Waals surface area contributed by atoms with Gasteiger partial charge in [-0.25, -0.2) is 4.79 Å². The molecule has 0 aromatic carbocycles. The van der Waals surface area contributed by atoms with Crippen molar-refractivity contribution >= 4 is 23.7 Å². The van der Waals surface area contributed by atoms with Gasteiger partial charge in [-0.2, -0.15) is 0 Å². The molecule has 2 amide bonds. The highest BCUT2D eigenvalue weighted by Gasteiger charge is 2.22. The van der Waals surface area contributed by atoms with Crippen molar-refractivity contribution in [1.82, 2.24) is 16.0 Å². The van der Waals surface area contributed by atoms with Gasteiger partial charge < -0.3 is 32.5 Å². The van der Waals surface area contributed by atoms with Crippen LogP contribution in [0.25, 0.3) is 0 Å². The molecule has 0 aliphatic heterocycles. The maximum Gasteiger partial charge on any atom is 0.326 e. The molecule has 0 saturated heterocycles. The molecule has 27 heavy (non-hydrogen) atoms. The van der Waals surface area contributed by atoms with Crippen molar-refractivity contribution in [1.29, 1.82) is 0 Å². The van der Waals surface area contributed by atoms with Crippen molar-refractivity contribution in [3.8, 4) is 0 Å². The number of nitrogens with two attached hydrogens (primary N) is 2. The normalized spacial score (nSPS) is 16.8. The summed E-state index contributed by atoms with van der Waals surface area (Å²) in [6.45, 7) is 1.77. The Kier molecular flexibility index (Phi) is 10.2. The van der Waals surface area contributed by atoms with E-state index in [4.69, 9.17) is 11.5 Å². The van der Waals surface area contributed by atoms with Crippen LogP contribution in [-0.4, -0.2) is 60.1 Å². The van der Waals surface area contributed by atoms with E-state index in [1.165, 1.54) is 6.42 Å². The number of carbonyl (C=O) groups excluding carboxylic acids is 2. The van der Waals surface area contributed by atoms with Gasteiger partial charge in [0, 0.05) is 12.6 Å². The molecule has 0 aromatic rings. The number of aliphatic imine (C=N–C) groups is 1. The minimum absolute atomic E-state index is 0.0652. The minimum Gasteiger partial charge on any atom is -0.480 e. The van der Waals surface area contributed by atoms with Crippen LogP contribution in [-0.2, 0) is 14.4 Å². The van der Waals surface area contributed by atoms with Crippen LogP contribution < -0.4 is 27.4 Å². The predicted octanol–water partition coefficient (Wildman–Crippen LogP) is -0.964. The van der Waals surface area contributed by atoms with Crippen LogP contribution in [0.3, 0.4) is 0 Å². The van der Waals surface area contributed by atoms with Crippen LogP contribution in [0.2, 0.25) is 0 Å². The maximum absolute atomic E-state index is 12.1. The first kappa shape index (κ1) is 22.7. The molecule has 10 nitrogen and oxygen atoms in total. The number of amides is 2. The van der Waals surface area contributed by atoms with Gasteiger partial charge in [0.15, 0.2) is 5.96 Å². The second kappa shape index (κ2) is 12.1. The molecule has 1 fully saturated rings. The van der Waals surface area contributed by atoms with Crippen molar-refractivity contribution in [2.75, 3.05) is 13.1 Å². The van der Waals surface area contributed by atoms with Gasteiger partial charge in [-0.1, -0.05) is 19.3 Å². The number of nitrogens with one attached hydrogen (secondary N) is 3. The Balaban J connectivity index is 2.32. The molecular weight excluding hydrogens is 352 g/mol. The Hall–Kier alpha value is -2.36. The van der Waals surface area contributed by atoms with E-state index in [2.05, 4.69) is 20.9 Å². The van der Waals surface area contributed by atoms with Crippen LogP contribution in [0.5, 0.6) is 0 Å². The van der Waals surface area contributed by atoms with Gasteiger partial charge in [-0.3, -0.25) is 14.6 Å². The van der Waals surface area contributed by atoms with Gasteiger partial charge in [0.05, 0.1) is 12.6 Å². The lowest BCUT2D eigenvalue weighted by Gasteiger charge is -2.26. The van der Waals surface area contributed by atoms with Crippen molar-refractivity contribution in [2.45, 2.75) is 70.0 Å². The predicted molar refractivity (Wildman–Crippen MR) is 102 cm³/mol. The highest BCUT2D eigenvalue weighted by atomic mass is 16.4. The Bertz CT molecular complexity index is 530. The number of rotatable bonds is 11. The molecule has 1 aliphatic rings. The molecule has 0 unspecified atom stereocenters. The van der Waals surface area contributed by atoms with Gasteiger partial charge in [0.1, 0.15) is 6.04 Å². The van der Waals surface area contributed by atoms with Gasteiger partial charge in [-0.15, -0.1) is 0 Å². The third-order valence-corrected chi connectivity index (χ3v) is 4.49. The smallest absolute Gasteiger partial charge is 0.326 e. The number of carboxylic acid groups (broad SMARTS) is 1. The molecule has 154 valence electrons. The summed E-state index contributed by atoms with van der Waals surface area (Å²) in [7, 11) is 0. The van der Waals surface area contributed by atoms with Gasteiger partial charge in [-0.05, 0) is 32.6 Å². The van der Waals surface area contributed by atoms with E-state index in [1.54, 1.807) is 6.92 Å². The van der Waals surface area contributed by atoms with E-state index in [0.29, 0.717) is 12.5 Å². The standard InChI is InChI=1S/C17H32N6O4/c1-11(22-12-6-3-2-4-7-12)15(25)21-10-14(24)23-13(16(26)27)8-5-9-20-17(18)19/h11-13,22H,2-10H2,1H3,(H,21,25)(H,23,24)(H,26,27)(H4,18,19,20)/t11-,13-/m0/s1. The molecule has 2 atom stereocenters. The molecule has 0 radical (unpaired) electrons. The Labute approximate surface area is 159 Å². The van der Waals surface area contributed by atoms with Crippen LogP contribution in [0.4, 0.5) is 0 Å². The third-order valence-electron chi connectivity index (χ3n) is 4.49. The Morgan fingerprint density at radius 1 is 1.19 bits per heavy atom. The first-order valence-corrected chi connectivity index (χ1v) is 9.41. The molecule has 0 heterocycles. The number of hydrogen-bond acceptors (Lipinski definition) is 5. The average Bonchev–Trinajstić information content (AvgIpc) is 2.62. The van der Waals surface area contributed by atoms with E-state index < -0.39 is 24.0 Å². The maximum atomic E-state index is 12.1. The lowest BCUT2D eigenvalue weighted by atomic mass is 9.95. The minimum atomic E-state index is -1.15. The van der Waals surface area contributed by atoms with Crippen molar-refractivity contribution in [2.24, 2.45) is 16.5 Å². The summed E-state index contributed by atoms with van der Waals surface area (Å²) in [5, 5.41) is 17.4.